The zero-order chi connectivity index (χ0) is 20.1. The van der Waals surface area contributed by atoms with Crippen LogP contribution in [0.3, 0.4) is 0 Å². The summed E-state index contributed by atoms with van der Waals surface area (Å²) in [6.07, 6.45) is 1.85. The highest BCUT2D eigenvalue weighted by molar-refractivity contribution is 7.15. The van der Waals surface area contributed by atoms with Crippen LogP contribution in [0.1, 0.15) is 32.2 Å². The molecule has 1 fully saturated rings. The van der Waals surface area contributed by atoms with E-state index in [9.17, 15) is 4.79 Å². The van der Waals surface area contributed by atoms with Crippen molar-refractivity contribution in [3.05, 3.63) is 34.3 Å². The number of urea groups is 1. The van der Waals surface area contributed by atoms with Crippen LogP contribution in [0, 0.1) is 0 Å². The van der Waals surface area contributed by atoms with Gasteiger partial charge in [0.25, 0.3) is 0 Å². The zero-order valence-electron chi connectivity index (χ0n) is 16.4. The van der Waals surface area contributed by atoms with Gasteiger partial charge in [-0.25, -0.2) is 4.79 Å². The molecule has 152 valence electrons. The average molecular weight is 424 g/mol. The van der Waals surface area contributed by atoms with Gasteiger partial charge < -0.3 is 10.1 Å². The van der Waals surface area contributed by atoms with Gasteiger partial charge in [0.15, 0.2) is 0 Å². The summed E-state index contributed by atoms with van der Waals surface area (Å²) in [5.41, 5.74) is -0.329. The molecule has 0 saturated carbocycles. The minimum absolute atomic E-state index is 0.200. The van der Waals surface area contributed by atoms with Gasteiger partial charge in [-0.05, 0) is 51.0 Å². The van der Waals surface area contributed by atoms with Crippen molar-refractivity contribution >= 4 is 34.1 Å². The van der Waals surface area contributed by atoms with E-state index in [0.29, 0.717) is 10.2 Å². The van der Waals surface area contributed by atoms with Crippen LogP contribution in [0.4, 0.5) is 9.93 Å². The van der Waals surface area contributed by atoms with E-state index in [0.717, 1.165) is 43.2 Å². The van der Waals surface area contributed by atoms with E-state index in [-0.39, 0.29) is 17.7 Å². The fourth-order valence-corrected chi connectivity index (χ4v) is 3.67. The Balaban J connectivity index is 1.35. The fraction of sp³-hybridized carbons (Fsp3) is 0.526. The number of carbonyl (C=O) groups excluding carboxylic acids is 1. The molecule has 3 rings (SSSR count). The minimum Gasteiger partial charge on any atom is -0.488 e. The molecular weight excluding hydrogens is 398 g/mol. The van der Waals surface area contributed by atoms with Crippen LogP contribution in [-0.4, -0.2) is 52.4 Å². The van der Waals surface area contributed by atoms with Crippen LogP contribution < -0.4 is 15.4 Å². The van der Waals surface area contributed by atoms with E-state index >= 15 is 0 Å². The van der Waals surface area contributed by atoms with Gasteiger partial charge in [-0.15, -0.1) is 10.2 Å². The molecule has 2 N–H and O–H groups in total. The van der Waals surface area contributed by atoms with Gasteiger partial charge in [0, 0.05) is 30.2 Å². The molecule has 1 saturated heterocycles. The Morgan fingerprint density at radius 1 is 1.32 bits per heavy atom. The maximum Gasteiger partial charge on any atom is 0.321 e. The first-order valence-corrected chi connectivity index (χ1v) is 10.6. The standard InChI is InChI=1S/C19H26ClN5O2S/c1-4-16-23-24-18(28-16)21-17(26)22-19(2,3)9-10-25-11-15(12-25)27-14-7-5-13(20)6-8-14/h5-8,15H,4,9-12H2,1-3H3,(H2,21,22,24,26). The number of amides is 2. The molecule has 7 nitrogen and oxygen atoms in total. The summed E-state index contributed by atoms with van der Waals surface area (Å²) in [6.45, 7) is 8.71. The first kappa shape index (κ1) is 20.8. The Kier molecular flexibility index (Phi) is 6.74. The van der Waals surface area contributed by atoms with Crippen LogP contribution in [0.15, 0.2) is 24.3 Å². The normalized spacial score (nSPS) is 15.1. The number of nitrogens with one attached hydrogen (secondary N) is 2. The van der Waals surface area contributed by atoms with Crippen LogP contribution in [0.2, 0.25) is 5.02 Å². The number of ether oxygens (including phenoxy) is 1. The van der Waals surface area contributed by atoms with Gasteiger partial charge in [-0.3, -0.25) is 10.2 Å². The molecule has 2 amide bonds. The third-order valence-electron chi connectivity index (χ3n) is 4.53. The van der Waals surface area contributed by atoms with E-state index in [1.807, 2.05) is 45.0 Å². The Hall–Kier alpha value is -1.90. The molecule has 2 aromatic rings. The third kappa shape index (κ3) is 6.05. The number of halogens is 1. The first-order chi connectivity index (χ1) is 13.3. The average Bonchev–Trinajstić information content (AvgIpc) is 3.05. The number of nitrogens with zero attached hydrogens (tertiary/aromatic N) is 3. The van der Waals surface area contributed by atoms with Crippen molar-refractivity contribution in [2.75, 3.05) is 25.0 Å². The molecule has 1 aliphatic rings. The van der Waals surface area contributed by atoms with E-state index in [1.54, 1.807) is 0 Å². The maximum absolute atomic E-state index is 12.2. The van der Waals surface area contributed by atoms with Gasteiger partial charge in [-0.1, -0.05) is 29.9 Å². The Morgan fingerprint density at radius 3 is 2.68 bits per heavy atom. The van der Waals surface area contributed by atoms with Crippen molar-refractivity contribution in [2.45, 2.75) is 45.3 Å². The number of anilines is 1. The summed E-state index contributed by atoms with van der Waals surface area (Å²) in [6, 6.07) is 7.18. The monoisotopic (exact) mass is 423 g/mol. The first-order valence-electron chi connectivity index (χ1n) is 9.39. The number of aromatic nitrogens is 2. The molecule has 1 aromatic carbocycles. The van der Waals surface area contributed by atoms with E-state index in [2.05, 4.69) is 25.7 Å². The Morgan fingerprint density at radius 2 is 2.04 bits per heavy atom. The Bertz CT molecular complexity index is 790. The maximum atomic E-state index is 12.2. The summed E-state index contributed by atoms with van der Waals surface area (Å²) in [5.74, 6) is 0.843. The number of aryl methyl sites for hydroxylation is 1. The van der Waals surface area contributed by atoms with Gasteiger partial charge in [0.1, 0.15) is 16.9 Å². The van der Waals surface area contributed by atoms with E-state index in [1.165, 1.54) is 11.3 Å². The quantitative estimate of drug-likeness (QED) is 0.674. The van der Waals surface area contributed by atoms with Gasteiger partial charge in [0.2, 0.25) is 5.13 Å². The minimum atomic E-state index is -0.329. The van der Waals surface area contributed by atoms with Gasteiger partial charge in [0.05, 0.1) is 0 Å². The molecule has 0 bridgehead atoms. The predicted octanol–water partition coefficient (Wildman–Crippen LogP) is 3.81. The molecular formula is C19H26ClN5O2S. The lowest BCUT2D eigenvalue weighted by Gasteiger charge is -2.40. The fourth-order valence-electron chi connectivity index (χ4n) is 2.87. The molecule has 9 heteroatoms. The molecule has 0 aliphatic carbocycles. The number of benzene rings is 1. The van der Waals surface area contributed by atoms with Crippen LogP contribution in [0.25, 0.3) is 0 Å². The third-order valence-corrected chi connectivity index (χ3v) is 5.77. The van der Waals surface area contributed by atoms with Crippen molar-refractivity contribution in [1.29, 1.82) is 0 Å². The van der Waals surface area contributed by atoms with Crippen molar-refractivity contribution in [3.63, 3.8) is 0 Å². The van der Waals surface area contributed by atoms with Crippen molar-refractivity contribution in [2.24, 2.45) is 0 Å². The summed E-state index contributed by atoms with van der Waals surface area (Å²) >= 11 is 7.28. The molecule has 1 aromatic heterocycles. The molecule has 28 heavy (non-hydrogen) atoms. The van der Waals surface area contributed by atoms with Gasteiger partial charge >= 0.3 is 6.03 Å². The molecule has 1 aliphatic heterocycles. The number of hydrogen-bond acceptors (Lipinski definition) is 6. The highest BCUT2D eigenvalue weighted by Crippen LogP contribution is 2.22. The number of rotatable bonds is 8. The van der Waals surface area contributed by atoms with Gasteiger partial charge in [-0.2, -0.15) is 0 Å². The molecule has 0 atom stereocenters. The largest absolute Gasteiger partial charge is 0.488 e. The van der Waals surface area contributed by atoms with Crippen molar-refractivity contribution < 1.29 is 9.53 Å². The lowest BCUT2D eigenvalue weighted by molar-refractivity contribution is 0.0157. The van der Waals surface area contributed by atoms with Crippen LogP contribution in [-0.2, 0) is 6.42 Å². The lowest BCUT2D eigenvalue weighted by Crippen LogP contribution is -2.56. The predicted molar refractivity (Wildman–Crippen MR) is 112 cm³/mol. The van der Waals surface area contributed by atoms with E-state index in [4.69, 9.17) is 16.3 Å². The highest BCUT2D eigenvalue weighted by Gasteiger charge is 2.30. The topological polar surface area (TPSA) is 79.4 Å². The summed E-state index contributed by atoms with van der Waals surface area (Å²) < 4.78 is 5.92. The van der Waals surface area contributed by atoms with Crippen molar-refractivity contribution in [1.82, 2.24) is 20.4 Å². The molecule has 0 spiro atoms. The zero-order valence-corrected chi connectivity index (χ0v) is 17.9. The summed E-state index contributed by atoms with van der Waals surface area (Å²) in [5, 5.41) is 15.9. The number of carbonyl (C=O) groups is 1. The van der Waals surface area contributed by atoms with Crippen LogP contribution >= 0.6 is 22.9 Å². The number of hydrogen-bond donors (Lipinski definition) is 2. The smallest absolute Gasteiger partial charge is 0.321 e. The molecule has 0 radical (unpaired) electrons. The molecule has 0 unspecified atom stereocenters. The lowest BCUT2D eigenvalue weighted by atomic mass is 9.99. The number of likely N-dealkylation sites (tertiary alicyclic amines) is 1. The second kappa shape index (κ2) is 9.07. The summed E-state index contributed by atoms with van der Waals surface area (Å²) in [4.78, 5) is 14.5. The molecule has 2 heterocycles. The van der Waals surface area contributed by atoms with Crippen LogP contribution in [0.5, 0.6) is 5.75 Å². The van der Waals surface area contributed by atoms with E-state index < -0.39 is 0 Å². The summed E-state index contributed by atoms with van der Waals surface area (Å²) in [7, 11) is 0. The SMILES string of the molecule is CCc1nnc(NC(=O)NC(C)(C)CCN2CC(Oc3ccc(Cl)cc3)C2)s1. The van der Waals surface area contributed by atoms with Crippen molar-refractivity contribution in [3.8, 4) is 5.75 Å². The highest BCUT2D eigenvalue weighted by atomic mass is 35.5. The second-order valence-corrected chi connectivity index (χ2v) is 9.02. The second-order valence-electron chi connectivity index (χ2n) is 7.52. The Labute approximate surface area is 174 Å².